The summed E-state index contributed by atoms with van der Waals surface area (Å²) in [5.41, 5.74) is 4.35. The van der Waals surface area contributed by atoms with Crippen molar-refractivity contribution in [2.45, 2.75) is 0 Å². The van der Waals surface area contributed by atoms with Crippen molar-refractivity contribution in [3.63, 3.8) is 0 Å². The average Bonchev–Trinajstić information content (AvgIpc) is 2.81. The molecule has 0 atom stereocenters. The number of para-hydroxylation sites is 3. The van der Waals surface area contributed by atoms with Crippen molar-refractivity contribution in [3.05, 3.63) is 96.2 Å². The molecule has 0 saturated carbocycles. The van der Waals surface area contributed by atoms with Gasteiger partial charge < -0.3 is 15.3 Å². The number of phenols is 3. The van der Waals surface area contributed by atoms with Crippen LogP contribution in [0.3, 0.4) is 0 Å². The fourth-order valence-electron chi connectivity index (χ4n) is 2.60. The van der Waals surface area contributed by atoms with Crippen molar-refractivity contribution >= 4 is 40.7 Å². The minimum Gasteiger partial charge on any atom is -0.507 e. The van der Waals surface area contributed by atoms with Crippen LogP contribution in [-0.2, 0) is 17.1 Å². The van der Waals surface area contributed by atoms with Crippen LogP contribution in [0.5, 0.6) is 17.2 Å². The number of hydrogen-bond acceptors (Lipinski definition) is 6. The molecular formula is C24H20FeN4O3S. The van der Waals surface area contributed by atoms with Gasteiger partial charge in [0.05, 0.1) is 6.21 Å². The summed E-state index contributed by atoms with van der Waals surface area (Å²) in [7, 11) is 0. The van der Waals surface area contributed by atoms with Gasteiger partial charge in [-0.2, -0.15) is 5.10 Å². The van der Waals surface area contributed by atoms with Crippen LogP contribution >= 0.6 is 12.2 Å². The number of hydrogen-bond donors (Lipinski definition) is 4. The molecule has 0 aliphatic rings. The van der Waals surface area contributed by atoms with Crippen LogP contribution < -0.4 is 5.43 Å². The van der Waals surface area contributed by atoms with Gasteiger partial charge in [0.2, 0.25) is 5.11 Å². The summed E-state index contributed by atoms with van der Waals surface area (Å²) in [6.45, 7) is 0. The largest absolute Gasteiger partial charge is 0.507 e. The molecule has 0 saturated heterocycles. The van der Waals surface area contributed by atoms with Gasteiger partial charge in [-0.25, -0.2) is 4.99 Å². The van der Waals surface area contributed by atoms with Gasteiger partial charge in [-0.3, -0.25) is 10.4 Å². The van der Waals surface area contributed by atoms with Crippen molar-refractivity contribution in [1.82, 2.24) is 10.4 Å². The van der Waals surface area contributed by atoms with Crippen molar-refractivity contribution in [2.24, 2.45) is 10.1 Å². The molecule has 3 aromatic carbocycles. The second-order valence-corrected chi connectivity index (χ2v) is 6.79. The number of phenolic OH excluding ortho intramolecular Hbond substituents is 3. The number of pyridine rings is 1. The Labute approximate surface area is 206 Å². The van der Waals surface area contributed by atoms with E-state index in [2.05, 4.69) is 20.5 Å². The first kappa shape index (κ1) is 25.5. The van der Waals surface area contributed by atoms with Gasteiger partial charge in [0, 0.05) is 46.0 Å². The van der Waals surface area contributed by atoms with Crippen molar-refractivity contribution in [3.8, 4) is 17.2 Å². The number of aliphatic imine (C=N–C) groups is 1. The Balaban J connectivity index is 0.000000270. The number of rotatable bonds is 3. The molecule has 0 radical (unpaired) electrons. The van der Waals surface area contributed by atoms with E-state index in [4.69, 9.17) is 12.2 Å². The third-order valence-corrected chi connectivity index (χ3v) is 4.37. The number of fused-ring (bicyclic) bond motifs is 1. The van der Waals surface area contributed by atoms with Crippen molar-refractivity contribution in [2.75, 3.05) is 0 Å². The summed E-state index contributed by atoms with van der Waals surface area (Å²) in [4.78, 5) is 8.00. The predicted octanol–water partition coefficient (Wildman–Crippen LogP) is 4.36. The van der Waals surface area contributed by atoms with Gasteiger partial charge in [-0.1, -0.05) is 42.5 Å². The molecule has 168 valence electrons. The minimum atomic E-state index is 0. The van der Waals surface area contributed by atoms with Crippen molar-refractivity contribution in [1.29, 1.82) is 0 Å². The molecule has 4 N–H and O–H groups in total. The van der Waals surface area contributed by atoms with Crippen LogP contribution in [0.2, 0.25) is 0 Å². The molecule has 1 aromatic heterocycles. The molecule has 9 heteroatoms. The zero-order valence-electron chi connectivity index (χ0n) is 17.2. The summed E-state index contributed by atoms with van der Waals surface area (Å²) in [6.07, 6.45) is 4.55. The molecule has 4 aromatic rings. The number of aromatic nitrogens is 1. The second-order valence-electron chi connectivity index (χ2n) is 6.40. The molecule has 1 heterocycles. The van der Waals surface area contributed by atoms with E-state index in [9.17, 15) is 15.3 Å². The summed E-state index contributed by atoms with van der Waals surface area (Å²) < 4.78 is 0. The summed E-state index contributed by atoms with van der Waals surface area (Å²) in [5, 5.41) is 33.4. The second kappa shape index (κ2) is 12.9. The monoisotopic (exact) mass is 500 g/mol. The van der Waals surface area contributed by atoms with Gasteiger partial charge in [-0.05, 0) is 48.6 Å². The van der Waals surface area contributed by atoms with Gasteiger partial charge in [0.25, 0.3) is 0 Å². The van der Waals surface area contributed by atoms with E-state index in [1.54, 1.807) is 66.9 Å². The van der Waals surface area contributed by atoms with Gasteiger partial charge >= 0.3 is 0 Å². The third kappa shape index (κ3) is 7.69. The normalized spacial score (nSPS) is 10.4. The van der Waals surface area contributed by atoms with Crippen LogP contribution in [0.15, 0.2) is 95.2 Å². The first-order chi connectivity index (χ1) is 15.5. The Morgan fingerprint density at radius 3 is 1.97 bits per heavy atom. The topological polar surface area (TPSA) is 110 Å². The average molecular weight is 500 g/mol. The Hall–Kier alpha value is -3.78. The zero-order chi connectivity index (χ0) is 22.8. The fraction of sp³-hybridized carbons (Fsp3) is 0. The molecular weight excluding hydrogens is 480 g/mol. The molecule has 33 heavy (non-hydrogen) atoms. The summed E-state index contributed by atoms with van der Waals surface area (Å²) in [6, 6.07) is 22.7. The zero-order valence-corrected chi connectivity index (χ0v) is 19.1. The molecule has 0 bridgehead atoms. The maximum Gasteiger partial charge on any atom is 0.213 e. The van der Waals surface area contributed by atoms with E-state index in [0.717, 1.165) is 5.39 Å². The molecule has 0 amide bonds. The number of nitrogens with one attached hydrogen (secondary N) is 1. The summed E-state index contributed by atoms with van der Waals surface area (Å²) >= 11 is 4.98. The quantitative estimate of drug-likeness (QED) is 0.144. The predicted molar refractivity (Wildman–Crippen MR) is 131 cm³/mol. The molecule has 7 nitrogen and oxygen atoms in total. The number of aromatic hydroxyl groups is 3. The van der Waals surface area contributed by atoms with Crippen LogP contribution in [0.4, 0.5) is 0 Å². The maximum absolute atomic E-state index is 9.57. The number of nitrogens with zero attached hydrogens (tertiary/aromatic N) is 3. The standard InChI is InChI=1S/C15H13N3O2S.C9H7NO.Fe/c19-13-7-3-1-5-11(13)9-16-15(21)18-17-10-12-6-2-4-8-14(12)20;11-8-5-1-3-7-4-2-6-10-9(7)8;/h1-10,19-20H,(H,18,21);1-6,11H;/b16-9+,17-10+;;. The molecule has 0 unspecified atom stereocenters. The van der Waals surface area contributed by atoms with Crippen LogP contribution in [0.25, 0.3) is 10.9 Å². The first-order valence-corrected chi connectivity index (χ1v) is 9.91. The Morgan fingerprint density at radius 1 is 0.758 bits per heavy atom. The first-order valence-electron chi connectivity index (χ1n) is 9.50. The summed E-state index contributed by atoms with van der Waals surface area (Å²) in [5.74, 6) is 0.497. The Morgan fingerprint density at radius 2 is 1.33 bits per heavy atom. The van der Waals surface area contributed by atoms with Gasteiger partial charge in [-0.15, -0.1) is 0 Å². The van der Waals surface area contributed by atoms with E-state index in [-0.39, 0.29) is 39.4 Å². The van der Waals surface area contributed by atoms with E-state index in [1.807, 2.05) is 18.2 Å². The molecule has 4 rings (SSSR count). The van der Waals surface area contributed by atoms with Crippen LogP contribution in [0.1, 0.15) is 11.1 Å². The number of benzene rings is 3. The van der Waals surface area contributed by atoms with E-state index >= 15 is 0 Å². The van der Waals surface area contributed by atoms with Gasteiger partial charge in [0.1, 0.15) is 22.8 Å². The third-order valence-electron chi connectivity index (χ3n) is 4.17. The smallest absolute Gasteiger partial charge is 0.213 e. The van der Waals surface area contributed by atoms with Crippen LogP contribution in [-0.4, -0.2) is 37.8 Å². The number of hydrazone groups is 1. The van der Waals surface area contributed by atoms with Gasteiger partial charge in [0.15, 0.2) is 0 Å². The van der Waals surface area contributed by atoms with E-state index in [1.165, 1.54) is 12.4 Å². The number of thiocarbonyl (C=S) groups is 1. The Kier molecular flexibility index (Phi) is 9.98. The molecule has 0 fully saturated rings. The maximum atomic E-state index is 9.57. The Bertz CT molecular complexity index is 1280. The fourth-order valence-corrected chi connectivity index (χ4v) is 2.70. The molecule has 0 spiro atoms. The van der Waals surface area contributed by atoms with E-state index < -0.39 is 0 Å². The van der Waals surface area contributed by atoms with E-state index in [0.29, 0.717) is 16.6 Å². The minimum absolute atomic E-state index is 0. The SMILES string of the molecule is Oc1cccc2cccnc12.Oc1ccccc1/C=N/NC(=S)/N=C/c1ccccc1O.[Fe]. The van der Waals surface area contributed by atoms with Crippen LogP contribution in [0, 0.1) is 0 Å². The van der Waals surface area contributed by atoms with Crippen molar-refractivity contribution < 1.29 is 32.4 Å². The molecule has 0 aliphatic heterocycles. The molecule has 0 aliphatic carbocycles.